The minimum Gasteiger partial charge on any atom is -0.223 e. The highest BCUT2D eigenvalue weighted by Gasteiger charge is 2.39. The van der Waals surface area contributed by atoms with Crippen molar-refractivity contribution in [3.05, 3.63) is 82.4 Å². The first-order chi connectivity index (χ1) is 12.3. The first-order valence-corrected chi connectivity index (χ1v) is 8.25. The fourth-order valence-corrected chi connectivity index (χ4v) is 2.96. The summed E-state index contributed by atoms with van der Waals surface area (Å²) in [4.78, 5) is 3.85. The number of alkyl halides is 3. The smallest absolute Gasteiger partial charge is 0.223 e. The van der Waals surface area contributed by atoms with Gasteiger partial charge in [-0.05, 0) is 35.4 Å². The second-order valence-corrected chi connectivity index (χ2v) is 6.32. The Morgan fingerprint density at radius 3 is 2.35 bits per heavy atom. The van der Waals surface area contributed by atoms with Gasteiger partial charge in [0.05, 0.1) is 11.6 Å². The van der Waals surface area contributed by atoms with Crippen LogP contribution in [0, 0.1) is 0 Å². The van der Waals surface area contributed by atoms with Crippen molar-refractivity contribution in [1.82, 2.24) is 14.8 Å². The van der Waals surface area contributed by atoms with Gasteiger partial charge in [-0.2, -0.15) is 18.3 Å². The maximum absolute atomic E-state index is 13.5. The highest BCUT2D eigenvalue weighted by atomic mass is 35.5. The van der Waals surface area contributed by atoms with Gasteiger partial charge in [0.25, 0.3) is 0 Å². The van der Waals surface area contributed by atoms with E-state index < -0.39 is 12.1 Å². The average Bonchev–Trinajstić information content (AvgIpc) is 3.11. The summed E-state index contributed by atoms with van der Waals surface area (Å²) in [5, 5.41) is 4.25. The minimum atomic E-state index is -4.48. The molecular formula is C18H12Cl2F3N3. The molecule has 0 spiro atoms. The number of hydrogen-bond donors (Lipinski definition) is 0. The van der Waals surface area contributed by atoms with E-state index in [0.717, 1.165) is 11.8 Å². The van der Waals surface area contributed by atoms with E-state index in [1.165, 1.54) is 36.9 Å². The molecule has 0 saturated carbocycles. The van der Waals surface area contributed by atoms with Gasteiger partial charge < -0.3 is 0 Å². The Labute approximate surface area is 157 Å². The molecule has 0 fully saturated rings. The Hall–Kier alpha value is -2.31. The molecule has 1 heterocycles. The minimum absolute atomic E-state index is 0.0222. The van der Waals surface area contributed by atoms with Crippen molar-refractivity contribution in [2.24, 2.45) is 0 Å². The first kappa shape index (κ1) is 18.5. The van der Waals surface area contributed by atoms with Crippen LogP contribution in [0.3, 0.4) is 0 Å². The van der Waals surface area contributed by atoms with E-state index in [0.29, 0.717) is 5.56 Å². The van der Waals surface area contributed by atoms with Gasteiger partial charge in [0.2, 0.25) is 0 Å². The zero-order chi connectivity index (χ0) is 18.7. The lowest BCUT2D eigenvalue weighted by Crippen LogP contribution is -2.19. The number of hydrogen-bond acceptors (Lipinski definition) is 2. The normalized spacial score (nSPS) is 13.3. The van der Waals surface area contributed by atoms with Gasteiger partial charge in [-0.1, -0.05) is 53.6 Å². The monoisotopic (exact) mass is 397 g/mol. The van der Waals surface area contributed by atoms with Gasteiger partial charge in [-0.3, -0.25) is 0 Å². The highest BCUT2D eigenvalue weighted by molar-refractivity contribution is 6.35. The third-order valence-electron chi connectivity index (χ3n) is 3.71. The molecule has 3 nitrogen and oxygen atoms in total. The summed E-state index contributed by atoms with van der Waals surface area (Å²) in [6.07, 6.45) is 0.951. The molecule has 26 heavy (non-hydrogen) atoms. The maximum atomic E-state index is 13.5. The van der Waals surface area contributed by atoms with Crippen molar-refractivity contribution in [2.75, 3.05) is 0 Å². The second-order valence-electron chi connectivity index (χ2n) is 5.48. The van der Waals surface area contributed by atoms with Gasteiger partial charge in [-0.25, -0.2) is 9.67 Å². The Morgan fingerprint density at radius 1 is 1.04 bits per heavy atom. The summed E-state index contributed by atoms with van der Waals surface area (Å²) in [5.41, 5.74) is 1.33. The molecule has 0 N–H and O–H groups in total. The number of benzene rings is 2. The molecule has 1 atom stereocenters. The van der Waals surface area contributed by atoms with Crippen LogP contribution in [0.15, 0.2) is 61.2 Å². The summed E-state index contributed by atoms with van der Waals surface area (Å²) in [6, 6.07) is 10.9. The molecule has 0 bridgehead atoms. The molecule has 3 aromatic rings. The Bertz CT molecular complexity index is 904. The molecule has 2 aromatic carbocycles. The number of allylic oxidation sites excluding steroid dienone is 1. The van der Waals surface area contributed by atoms with Crippen LogP contribution in [0.5, 0.6) is 0 Å². The summed E-state index contributed by atoms with van der Waals surface area (Å²) in [7, 11) is 0. The van der Waals surface area contributed by atoms with Gasteiger partial charge in [-0.15, -0.1) is 0 Å². The number of aromatic nitrogens is 3. The van der Waals surface area contributed by atoms with E-state index in [-0.39, 0.29) is 15.6 Å². The summed E-state index contributed by atoms with van der Waals surface area (Å²) >= 11 is 11.7. The molecule has 8 heteroatoms. The zero-order valence-corrected chi connectivity index (χ0v) is 14.7. The van der Waals surface area contributed by atoms with E-state index in [1.807, 2.05) is 0 Å². The predicted octanol–water partition coefficient (Wildman–Crippen LogP) is 5.93. The van der Waals surface area contributed by atoms with E-state index in [2.05, 4.69) is 10.1 Å². The molecule has 1 aromatic heterocycles. The van der Waals surface area contributed by atoms with Crippen LogP contribution in [-0.4, -0.2) is 20.9 Å². The standard InChI is InChI=1S/C18H12Cl2F3N3/c19-13-4-7-15(17(20)9-13)16(18(21,22)23)8-3-12-1-5-14(6-2-12)26-11-24-10-25-26/h1-11,16H/b8-3+. The van der Waals surface area contributed by atoms with Crippen LogP contribution in [0.25, 0.3) is 11.8 Å². The molecule has 134 valence electrons. The first-order valence-electron chi connectivity index (χ1n) is 7.49. The van der Waals surface area contributed by atoms with Crippen molar-refractivity contribution in [1.29, 1.82) is 0 Å². The van der Waals surface area contributed by atoms with Crippen molar-refractivity contribution >= 4 is 29.3 Å². The number of rotatable bonds is 4. The molecule has 0 aliphatic rings. The lowest BCUT2D eigenvalue weighted by molar-refractivity contribution is -0.139. The van der Waals surface area contributed by atoms with Crippen LogP contribution < -0.4 is 0 Å². The Kier molecular flexibility index (Phi) is 5.34. The third kappa shape index (κ3) is 4.26. The van der Waals surface area contributed by atoms with E-state index >= 15 is 0 Å². The summed E-state index contributed by atoms with van der Waals surface area (Å²) in [6.45, 7) is 0. The Morgan fingerprint density at radius 2 is 1.77 bits per heavy atom. The van der Waals surface area contributed by atoms with Crippen LogP contribution in [0.4, 0.5) is 13.2 Å². The fraction of sp³-hybridized carbons (Fsp3) is 0.111. The second kappa shape index (κ2) is 7.51. The van der Waals surface area contributed by atoms with Crippen LogP contribution in [0.1, 0.15) is 17.0 Å². The molecular weight excluding hydrogens is 386 g/mol. The van der Waals surface area contributed by atoms with E-state index in [9.17, 15) is 13.2 Å². The topological polar surface area (TPSA) is 30.7 Å². The van der Waals surface area contributed by atoms with Crippen LogP contribution in [-0.2, 0) is 0 Å². The lowest BCUT2D eigenvalue weighted by atomic mass is 9.97. The maximum Gasteiger partial charge on any atom is 0.399 e. The summed E-state index contributed by atoms with van der Waals surface area (Å²) < 4.78 is 42.0. The zero-order valence-electron chi connectivity index (χ0n) is 13.2. The van der Waals surface area contributed by atoms with Crippen molar-refractivity contribution in [3.63, 3.8) is 0 Å². The molecule has 0 amide bonds. The van der Waals surface area contributed by atoms with Crippen molar-refractivity contribution in [3.8, 4) is 5.69 Å². The van der Waals surface area contributed by atoms with Gasteiger partial charge in [0, 0.05) is 10.0 Å². The highest BCUT2D eigenvalue weighted by Crippen LogP contribution is 2.40. The Balaban J connectivity index is 1.87. The van der Waals surface area contributed by atoms with Crippen LogP contribution >= 0.6 is 23.2 Å². The summed E-state index contributed by atoms with van der Waals surface area (Å²) in [5.74, 6) is -1.83. The molecule has 1 unspecified atom stereocenters. The third-order valence-corrected chi connectivity index (χ3v) is 4.27. The lowest BCUT2D eigenvalue weighted by Gasteiger charge is -2.18. The van der Waals surface area contributed by atoms with Crippen molar-refractivity contribution < 1.29 is 13.2 Å². The predicted molar refractivity (Wildman–Crippen MR) is 95.7 cm³/mol. The molecule has 0 saturated heterocycles. The molecule has 0 aliphatic heterocycles. The van der Waals surface area contributed by atoms with Gasteiger partial charge >= 0.3 is 6.18 Å². The molecule has 0 radical (unpaired) electrons. The van der Waals surface area contributed by atoms with Gasteiger partial charge in [0.15, 0.2) is 0 Å². The van der Waals surface area contributed by atoms with Crippen LogP contribution in [0.2, 0.25) is 10.0 Å². The molecule has 0 aliphatic carbocycles. The fourth-order valence-electron chi connectivity index (χ4n) is 2.43. The quantitative estimate of drug-likeness (QED) is 0.545. The molecule has 3 rings (SSSR count). The van der Waals surface area contributed by atoms with E-state index in [4.69, 9.17) is 23.2 Å². The van der Waals surface area contributed by atoms with Gasteiger partial charge in [0.1, 0.15) is 12.7 Å². The average molecular weight is 398 g/mol. The van der Waals surface area contributed by atoms with E-state index in [1.54, 1.807) is 28.9 Å². The number of halogens is 5. The van der Waals surface area contributed by atoms with Crippen molar-refractivity contribution in [2.45, 2.75) is 12.1 Å². The SMILES string of the molecule is FC(F)(F)C(/C=C/c1ccc(-n2cncn2)cc1)c1ccc(Cl)cc1Cl. The largest absolute Gasteiger partial charge is 0.399 e. The number of nitrogens with zero attached hydrogens (tertiary/aromatic N) is 3.